The SMILES string of the molecule is CCc1c(C)cc(C(N)=O)c([Si](C)(C)C)c1CC. The molecule has 0 aliphatic carbocycles. The van der Waals surface area contributed by atoms with Crippen LogP contribution in [0.3, 0.4) is 0 Å². The predicted octanol–water partition coefficient (Wildman–Crippen LogP) is 2.76. The predicted molar refractivity (Wildman–Crippen MR) is 81.4 cm³/mol. The molecule has 3 heteroatoms. The zero-order valence-electron chi connectivity index (χ0n) is 12.5. The second-order valence-electron chi connectivity index (χ2n) is 5.89. The van der Waals surface area contributed by atoms with Gasteiger partial charge in [0.15, 0.2) is 0 Å². The Morgan fingerprint density at radius 2 is 1.67 bits per heavy atom. The Morgan fingerprint density at radius 1 is 1.17 bits per heavy atom. The van der Waals surface area contributed by atoms with Crippen molar-refractivity contribution in [3.05, 3.63) is 28.3 Å². The zero-order valence-corrected chi connectivity index (χ0v) is 13.5. The summed E-state index contributed by atoms with van der Waals surface area (Å²) in [5.74, 6) is -0.284. The molecule has 0 aromatic heterocycles. The van der Waals surface area contributed by atoms with Crippen LogP contribution in [0.25, 0.3) is 0 Å². The molecule has 1 aromatic carbocycles. The van der Waals surface area contributed by atoms with E-state index >= 15 is 0 Å². The molecule has 0 fully saturated rings. The van der Waals surface area contributed by atoms with Gasteiger partial charge in [0.1, 0.15) is 0 Å². The van der Waals surface area contributed by atoms with Crippen LogP contribution in [-0.2, 0) is 12.8 Å². The van der Waals surface area contributed by atoms with Crippen molar-refractivity contribution >= 4 is 19.2 Å². The normalized spacial score (nSPS) is 11.7. The molecule has 0 unspecified atom stereocenters. The monoisotopic (exact) mass is 263 g/mol. The standard InChI is InChI=1S/C15H25NOSi/c1-7-11-10(3)9-13(15(16)17)14(12(11)8-2)18(4,5)6/h9H,7-8H2,1-6H3,(H2,16,17). The van der Waals surface area contributed by atoms with Crippen molar-refractivity contribution in [1.82, 2.24) is 0 Å². The third-order valence-electron chi connectivity index (χ3n) is 3.49. The van der Waals surface area contributed by atoms with Gasteiger partial charge in [-0.15, -0.1) is 0 Å². The summed E-state index contributed by atoms with van der Waals surface area (Å²) >= 11 is 0. The van der Waals surface area contributed by atoms with Crippen molar-refractivity contribution in [2.45, 2.75) is 53.3 Å². The second kappa shape index (κ2) is 5.27. The molecule has 2 nitrogen and oxygen atoms in total. The number of rotatable bonds is 4. The highest BCUT2D eigenvalue weighted by atomic mass is 28.3. The number of nitrogens with two attached hydrogens (primary N) is 1. The van der Waals surface area contributed by atoms with Gasteiger partial charge in [-0.1, -0.05) is 33.5 Å². The van der Waals surface area contributed by atoms with Crippen LogP contribution in [0.5, 0.6) is 0 Å². The summed E-state index contributed by atoms with van der Waals surface area (Å²) in [7, 11) is -1.58. The van der Waals surface area contributed by atoms with Crippen LogP contribution in [0.1, 0.15) is 40.9 Å². The molecule has 1 amide bonds. The van der Waals surface area contributed by atoms with Crippen LogP contribution in [0, 0.1) is 6.92 Å². The Bertz CT molecular complexity index is 472. The van der Waals surface area contributed by atoms with Crippen LogP contribution in [0.15, 0.2) is 6.07 Å². The van der Waals surface area contributed by atoms with Crippen molar-refractivity contribution in [1.29, 1.82) is 0 Å². The molecule has 100 valence electrons. The largest absolute Gasteiger partial charge is 0.366 e. The lowest BCUT2D eigenvalue weighted by Gasteiger charge is -2.27. The lowest BCUT2D eigenvalue weighted by molar-refractivity contribution is 0.100. The molecule has 2 N–H and O–H groups in total. The van der Waals surface area contributed by atoms with Crippen molar-refractivity contribution in [2.75, 3.05) is 0 Å². The maximum atomic E-state index is 11.7. The average Bonchev–Trinajstić information content (AvgIpc) is 2.25. The van der Waals surface area contributed by atoms with E-state index in [0.29, 0.717) is 0 Å². The van der Waals surface area contributed by atoms with Gasteiger partial charge in [-0.25, -0.2) is 0 Å². The zero-order chi connectivity index (χ0) is 14.1. The third kappa shape index (κ3) is 2.66. The van der Waals surface area contributed by atoms with Crippen molar-refractivity contribution in [3.63, 3.8) is 0 Å². The van der Waals surface area contributed by atoms with E-state index in [1.54, 1.807) is 0 Å². The number of amides is 1. The van der Waals surface area contributed by atoms with Crippen LogP contribution in [-0.4, -0.2) is 14.0 Å². The van der Waals surface area contributed by atoms with Gasteiger partial charge in [-0.05, 0) is 47.7 Å². The van der Waals surface area contributed by atoms with Crippen LogP contribution in [0.2, 0.25) is 19.6 Å². The van der Waals surface area contributed by atoms with E-state index in [4.69, 9.17) is 5.73 Å². The summed E-state index contributed by atoms with van der Waals surface area (Å²) in [5.41, 5.74) is 10.3. The maximum Gasteiger partial charge on any atom is 0.248 e. The van der Waals surface area contributed by atoms with Gasteiger partial charge in [0, 0.05) is 5.56 Å². The van der Waals surface area contributed by atoms with Crippen LogP contribution < -0.4 is 10.9 Å². The van der Waals surface area contributed by atoms with Crippen LogP contribution >= 0.6 is 0 Å². The van der Waals surface area contributed by atoms with Gasteiger partial charge in [0.2, 0.25) is 5.91 Å². The molecule has 0 saturated carbocycles. The van der Waals surface area contributed by atoms with E-state index in [-0.39, 0.29) is 5.91 Å². The van der Waals surface area contributed by atoms with E-state index < -0.39 is 8.07 Å². The average molecular weight is 263 g/mol. The van der Waals surface area contributed by atoms with E-state index in [2.05, 4.69) is 40.4 Å². The fourth-order valence-electron chi connectivity index (χ4n) is 2.86. The Hall–Kier alpha value is -1.09. The molecular weight excluding hydrogens is 238 g/mol. The van der Waals surface area contributed by atoms with Gasteiger partial charge in [-0.2, -0.15) is 0 Å². The molecule has 1 rings (SSSR count). The highest BCUT2D eigenvalue weighted by Crippen LogP contribution is 2.21. The van der Waals surface area contributed by atoms with Crippen molar-refractivity contribution in [2.24, 2.45) is 5.73 Å². The smallest absolute Gasteiger partial charge is 0.248 e. The number of primary amides is 1. The first kappa shape index (κ1) is 15.0. The quantitative estimate of drug-likeness (QED) is 0.834. The Labute approximate surface area is 112 Å². The van der Waals surface area contributed by atoms with E-state index in [1.807, 2.05) is 6.07 Å². The highest BCUT2D eigenvalue weighted by Gasteiger charge is 2.27. The molecule has 0 atom stereocenters. The van der Waals surface area contributed by atoms with E-state index in [9.17, 15) is 4.79 Å². The number of hydrogen-bond acceptors (Lipinski definition) is 1. The maximum absolute atomic E-state index is 11.7. The molecule has 0 aliphatic rings. The minimum absolute atomic E-state index is 0.284. The highest BCUT2D eigenvalue weighted by molar-refractivity contribution is 6.89. The first-order chi connectivity index (χ1) is 8.23. The Balaban J connectivity index is 3.76. The minimum atomic E-state index is -1.58. The van der Waals surface area contributed by atoms with Gasteiger partial charge in [0.25, 0.3) is 0 Å². The van der Waals surface area contributed by atoms with Gasteiger partial charge < -0.3 is 5.73 Å². The molecular formula is C15H25NOSi. The van der Waals surface area contributed by atoms with E-state index in [0.717, 1.165) is 18.4 Å². The summed E-state index contributed by atoms with van der Waals surface area (Å²) in [6.07, 6.45) is 2.00. The number of carbonyl (C=O) groups excluding carboxylic acids is 1. The third-order valence-corrected chi connectivity index (χ3v) is 5.57. The first-order valence-electron chi connectivity index (χ1n) is 6.69. The summed E-state index contributed by atoms with van der Waals surface area (Å²) < 4.78 is 0. The summed E-state index contributed by atoms with van der Waals surface area (Å²) in [5, 5.41) is 1.26. The molecule has 1 aromatic rings. The second-order valence-corrected chi connectivity index (χ2v) is 10.9. The topological polar surface area (TPSA) is 43.1 Å². The first-order valence-corrected chi connectivity index (χ1v) is 10.2. The Morgan fingerprint density at radius 3 is 2.00 bits per heavy atom. The number of benzene rings is 1. The summed E-state index contributed by atoms with van der Waals surface area (Å²) in [6, 6.07) is 1.99. The lowest BCUT2D eigenvalue weighted by atomic mass is 9.94. The fourth-order valence-corrected chi connectivity index (χ4v) is 5.10. The molecule has 0 spiro atoms. The van der Waals surface area contributed by atoms with Crippen LogP contribution in [0.4, 0.5) is 0 Å². The molecule has 0 aliphatic heterocycles. The van der Waals surface area contributed by atoms with Crippen molar-refractivity contribution < 1.29 is 4.79 Å². The number of aryl methyl sites for hydroxylation is 1. The minimum Gasteiger partial charge on any atom is -0.366 e. The van der Waals surface area contributed by atoms with E-state index in [1.165, 1.54) is 21.9 Å². The van der Waals surface area contributed by atoms with Gasteiger partial charge in [0.05, 0.1) is 8.07 Å². The molecule has 0 radical (unpaired) electrons. The van der Waals surface area contributed by atoms with Gasteiger partial charge >= 0.3 is 0 Å². The molecule has 0 saturated heterocycles. The summed E-state index contributed by atoms with van der Waals surface area (Å²) in [6.45, 7) is 13.3. The molecule has 0 heterocycles. The van der Waals surface area contributed by atoms with Crippen molar-refractivity contribution in [3.8, 4) is 0 Å². The Kier molecular flexibility index (Phi) is 4.38. The molecule has 0 bridgehead atoms. The lowest BCUT2D eigenvalue weighted by Crippen LogP contribution is -2.45. The number of hydrogen-bond donors (Lipinski definition) is 1. The number of carbonyl (C=O) groups is 1. The molecule has 18 heavy (non-hydrogen) atoms. The van der Waals surface area contributed by atoms with Gasteiger partial charge in [-0.3, -0.25) is 4.79 Å². The fraction of sp³-hybridized carbons (Fsp3) is 0.533. The summed E-state index contributed by atoms with van der Waals surface area (Å²) in [4.78, 5) is 11.7.